The highest BCUT2D eigenvalue weighted by Gasteiger charge is 2.37. The van der Waals surface area contributed by atoms with Crippen molar-refractivity contribution in [2.45, 2.75) is 24.4 Å². The molecule has 0 atom stereocenters. The number of hydrogen-bond acceptors (Lipinski definition) is 2. The topological polar surface area (TPSA) is 54.4 Å². The van der Waals surface area contributed by atoms with Gasteiger partial charge < -0.3 is 0 Å². The summed E-state index contributed by atoms with van der Waals surface area (Å²) < 4.78 is 68.2. The Bertz CT molecular complexity index is 491. The molecule has 1 N–H and O–H groups in total. The monoisotopic (exact) mass is 254 g/mol. The fourth-order valence-corrected chi connectivity index (χ4v) is 2.40. The molecule has 0 heterocycles. The Balaban J connectivity index is 3.65. The molecule has 0 aliphatic carbocycles. The molecule has 0 aliphatic heterocycles. The van der Waals surface area contributed by atoms with Crippen LogP contribution in [0.4, 0.5) is 13.2 Å². The first-order valence-corrected chi connectivity index (χ1v) is 5.78. The van der Waals surface area contributed by atoms with E-state index in [9.17, 15) is 21.6 Å². The highest BCUT2D eigenvalue weighted by Crippen LogP contribution is 2.35. The smallest absolute Gasteiger partial charge is 0.282 e. The second kappa shape index (κ2) is 4.06. The second-order valence-electron chi connectivity index (χ2n) is 3.12. The van der Waals surface area contributed by atoms with Crippen LogP contribution in [0.15, 0.2) is 23.1 Å². The maximum atomic E-state index is 12.5. The predicted molar refractivity (Wildman–Crippen MR) is 50.6 cm³/mol. The summed E-state index contributed by atoms with van der Waals surface area (Å²) in [6.07, 6.45) is -4.73. The van der Waals surface area contributed by atoms with Crippen molar-refractivity contribution in [2.24, 2.45) is 0 Å². The minimum Gasteiger partial charge on any atom is -0.282 e. The van der Waals surface area contributed by atoms with Gasteiger partial charge in [0.05, 0.1) is 5.56 Å². The van der Waals surface area contributed by atoms with Crippen LogP contribution in [0, 0.1) is 0 Å². The van der Waals surface area contributed by atoms with Gasteiger partial charge in [-0.1, -0.05) is 19.1 Å². The van der Waals surface area contributed by atoms with E-state index >= 15 is 0 Å². The van der Waals surface area contributed by atoms with Gasteiger partial charge in [0.1, 0.15) is 4.90 Å². The molecule has 0 fully saturated rings. The number of rotatable bonds is 2. The summed E-state index contributed by atoms with van der Waals surface area (Å²) in [5.74, 6) is 0. The molecule has 1 rings (SSSR count). The van der Waals surface area contributed by atoms with Crippen molar-refractivity contribution in [3.8, 4) is 0 Å². The predicted octanol–water partition coefficient (Wildman–Crippen LogP) is 2.51. The fraction of sp³-hybridized carbons (Fsp3) is 0.333. The Morgan fingerprint density at radius 2 is 1.88 bits per heavy atom. The third-order valence-corrected chi connectivity index (χ3v) is 3.04. The molecule has 0 spiro atoms. The van der Waals surface area contributed by atoms with Crippen molar-refractivity contribution in [3.63, 3.8) is 0 Å². The minimum atomic E-state index is -4.88. The van der Waals surface area contributed by atoms with Gasteiger partial charge in [0, 0.05) is 0 Å². The third-order valence-electron chi connectivity index (χ3n) is 2.04. The van der Waals surface area contributed by atoms with Crippen molar-refractivity contribution >= 4 is 10.1 Å². The molecule has 0 saturated carbocycles. The fourth-order valence-electron chi connectivity index (χ4n) is 1.39. The van der Waals surface area contributed by atoms with E-state index in [4.69, 9.17) is 4.55 Å². The first kappa shape index (κ1) is 13.0. The second-order valence-corrected chi connectivity index (χ2v) is 4.48. The number of aryl methyl sites for hydroxylation is 1. The molecular formula is C9H9F3O3S. The number of halogens is 3. The largest absolute Gasteiger partial charge is 0.417 e. The SMILES string of the molecule is CCc1cccc(C(F)(F)F)c1S(=O)(=O)O. The molecule has 0 bridgehead atoms. The minimum absolute atomic E-state index is 0.0580. The van der Waals surface area contributed by atoms with Gasteiger partial charge in [-0.15, -0.1) is 0 Å². The van der Waals surface area contributed by atoms with Crippen LogP contribution in [0.2, 0.25) is 0 Å². The van der Waals surface area contributed by atoms with E-state index < -0.39 is 26.8 Å². The van der Waals surface area contributed by atoms with Crippen molar-refractivity contribution in [1.82, 2.24) is 0 Å². The van der Waals surface area contributed by atoms with Crippen LogP contribution in [0.1, 0.15) is 18.1 Å². The molecular weight excluding hydrogens is 245 g/mol. The molecule has 7 heteroatoms. The van der Waals surface area contributed by atoms with E-state index in [1.807, 2.05) is 0 Å². The van der Waals surface area contributed by atoms with Gasteiger partial charge in [0.2, 0.25) is 0 Å². The molecule has 3 nitrogen and oxygen atoms in total. The van der Waals surface area contributed by atoms with E-state index in [2.05, 4.69) is 0 Å². The zero-order valence-electron chi connectivity index (χ0n) is 8.25. The maximum absolute atomic E-state index is 12.5. The van der Waals surface area contributed by atoms with Gasteiger partial charge in [-0.05, 0) is 18.1 Å². The molecule has 0 saturated heterocycles. The maximum Gasteiger partial charge on any atom is 0.417 e. The Morgan fingerprint density at radius 3 is 2.25 bits per heavy atom. The van der Waals surface area contributed by atoms with E-state index in [0.717, 1.165) is 6.07 Å². The van der Waals surface area contributed by atoms with Crippen LogP contribution in [0.3, 0.4) is 0 Å². The van der Waals surface area contributed by atoms with Gasteiger partial charge in [0.25, 0.3) is 10.1 Å². The third kappa shape index (κ3) is 2.53. The van der Waals surface area contributed by atoms with Gasteiger partial charge in [-0.3, -0.25) is 4.55 Å². The van der Waals surface area contributed by atoms with Gasteiger partial charge in [-0.2, -0.15) is 21.6 Å². The van der Waals surface area contributed by atoms with E-state index in [0.29, 0.717) is 6.07 Å². The highest BCUT2D eigenvalue weighted by molar-refractivity contribution is 7.86. The lowest BCUT2D eigenvalue weighted by Gasteiger charge is -2.13. The van der Waals surface area contributed by atoms with Crippen molar-refractivity contribution in [2.75, 3.05) is 0 Å². The van der Waals surface area contributed by atoms with Gasteiger partial charge in [0.15, 0.2) is 0 Å². The van der Waals surface area contributed by atoms with Crippen LogP contribution >= 0.6 is 0 Å². The zero-order chi connectivity index (χ0) is 12.6. The molecule has 0 amide bonds. The van der Waals surface area contributed by atoms with Gasteiger partial charge in [-0.25, -0.2) is 0 Å². The molecule has 90 valence electrons. The first-order valence-electron chi connectivity index (χ1n) is 4.34. The van der Waals surface area contributed by atoms with Crippen LogP contribution in [0.25, 0.3) is 0 Å². The van der Waals surface area contributed by atoms with Crippen LogP contribution in [-0.4, -0.2) is 13.0 Å². The van der Waals surface area contributed by atoms with Crippen molar-refractivity contribution in [3.05, 3.63) is 29.3 Å². The molecule has 0 aromatic heterocycles. The summed E-state index contributed by atoms with van der Waals surface area (Å²) in [5, 5.41) is 0. The quantitative estimate of drug-likeness (QED) is 0.825. The van der Waals surface area contributed by atoms with Crippen LogP contribution in [-0.2, 0) is 22.7 Å². The number of hydrogen-bond donors (Lipinski definition) is 1. The summed E-state index contributed by atoms with van der Waals surface area (Å²) >= 11 is 0. The lowest BCUT2D eigenvalue weighted by atomic mass is 10.1. The number of alkyl halides is 3. The lowest BCUT2D eigenvalue weighted by molar-refractivity contribution is -0.140. The van der Waals surface area contributed by atoms with Crippen molar-refractivity contribution < 1.29 is 26.1 Å². The molecule has 16 heavy (non-hydrogen) atoms. The Kier molecular flexibility index (Phi) is 3.30. The van der Waals surface area contributed by atoms with E-state index in [-0.39, 0.29) is 12.0 Å². The van der Waals surface area contributed by atoms with E-state index in [1.54, 1.807) is 0 Å². The Hall–Kier alpha value is -1.08. The Morgan fingerprint density at radius 1 is 1.31 bits per heavy atom. The summed E-state index contributed by atoms with van der Waals surface area (Å²) in [4.78, 5) is -1.05. The highest BCUT2D eigenvalue weighted by atomic mass is 32.2. The average molecular weight is 254 g/mol. The summed E-state index contributed by atoms with van der Waals surface area (Å²) in [5.41, 5.74) is -1.40. The average Bonchev–Trinajstić information content (AvgIpc) is 2.13. The molecule has 0 aliphatic rings. The summed E-state index contributed by atoms with van der Waals surface area (Å²) in [6, 6.07) is 2.97. The lowest BCUT2D eigenvalue weighted by Crippen LogP contribution is -2.14. The summed E-state index contributed by atoms with van der Waals surface area (Å²) in [7, 11) is -4.88. The summed E-state index contributed by atoms with van der Waals surface area (Å²) in [6.45, 7) is 1.50. The molecule has 0 radical (unpaired) electrons. The first-order chi connectivity index (χ1) is 7.18. The molecule has 1 aromatic carbocycles. The molecule has 0 unspecified atom stereocenters. The van der Waals surface area contributed by atoms with Crippen molar-refractivity contribution in [1.29, 1.82) is 0 Å². The normalized spacial score (nSPS) is 12.8. The van der Waals surface area contributed by atoms with E-state index in [1.165, 1.54) is 13.0 Å². The van der Waals surface area contributed by atoms with Gasteiger partial charge >= 0.3 is 6.18 Å². The van der Waals surface area contributed by atoms with Crippen LogP contribution in [0.5, 0.6) is 0 Å². The number of benzene rings is 1. The zero-order valence-corrected chi connectivity index (χ0v) is 9.06. The standard InChI is InChI=1S/C9H9F3O3S/c1-2-6-4-3-5-7(9(10,11)12)8(6)16(13,14)15/h3-5H,2H2,1H3,(H,13,14,15). The molecule has 1 aromatic rings. The van der Waals surface area contributed by atoms with Crippen LogP contribution < -0.4 is 0 Å². The Labute approximate surface area is 90.7 Å².